The fraction of sp³-hybridized carbons (Fsp3) is 0.417. The normalized spacial score (nSPS) is 20.6. The predicted molar refractivity (Wildman–Crippen MR) is 65.7 cm³/mol. The zero-order chi connectivity index (χ0) is 14.2. The van der Waals surface area contributed by atoms with E-state index in [2.05, 4.69) is 0 Å². The number of benzene rings is 1. The molecule has 0 radical (unpaired) electrons. The summed E-state index contributed by atoms with van der Waals surface area (Å²) in [5, 5.41) is 9.04. The highest BCUT2D eigenvalue weighted by Gasteiger charge is 2.40. The average Bonchev–Trinajstić information content (AvgIpc) is 2.82. The third-order valence-corrected chi connectivity index (χ3v) is 5.28. The molecule has 0 unspecified atom stereocenters. The Labute approximate surface area is 110 Å². The van der Waals surface area contributed by atoms with Gasteiger partial charge in [0.25, 0.3) is 0 Å². The molecule has 0 amide bonds. The number of hydrogen-bond acceptors (Lipinski definition) is 3. The lowest BCUT2D eigenvalue weighted by molar-refractivity contribution is -0.140. The Hall–Kier alpha value is -1.47. The standard InChI is InChI=1S/C12H14FNO4S/c1-8-4-5-9(13)7-11(8)19(17,18)14-6-2-3-10(14)12(15)16/h4-5,7,10H,2-3,6H2,1H3,(H,15,16)/t10-/m0/s1. The fourth-order valence-corrected chi connectivity index (χ4v) is 4.14. The number of nitrogens with zero attached hydrogens (tertiary/aromatic N) is 1. The van der Waals surface area contributed by atoms with Crippen molar-refractivity contribution in [1.29, 1.82) is 0 Å². The largest absolute Gasteiger partial charge is 0.480 e. The van der Waals surface area contributed by atoms with Crippen LogP contribution in [0.15, 0.2) is 23.1 Å². The quantitative estimate of drug-likeness (QED) is 0.911. The van der Waals surface area contributed by atoms with Crippen LogP contribution >= 0.6 is 0 Å². The molecule has 1 aromatic rings. The highest BCUT2D eigenvalue weighted by molar-refractivity contribution is 7.89. The van der Waals surface area contributed by atoms with Crippen LogP contribution in [0.25, 0.3) is 0 Å². The minimum atomic E-state index is -3.97. The number of carbonyl (C=O) groups is 1. The van der Waals surface area contributed by atoms with Gasteiger partial charge in [-0.3, -0.25) is 4.79 Å². The SMILES string of the molecule is Cc1ccc(F)cc1S(=O)(=O)N1CCC[C@H]1C(=O)O. The van der Waals surface area contributed by atoms with Gasteiger partial charge < -0.3 is 5.11 Å². The van der Waals surface area contributed by atoms with Gasteiger partial charge in [-0.05, 0) is 37.5 Å². The number of carboxylic acid groups (broad SMARTS) is 1. The molecule has 1 heterocycles. The smallest absolute Gasteiger partial charge is 0.322 e. The minimum Gasteiger partial charge on any atom is -0.480 e. The van der Waals surface area contributed by atoms with Crippen LogP contribution in [-0.2, 0) is 14.8 Å². The van der Waals surface area contributed by atoms with E-state index in [-0.39, 0.29) is 17.9 Å². The van der Waals surface area contributed by atoms with Crippen molar-refractivity contribution in [2.24, 2.45) is 0 Å². The van der Waals surface area contributed by atoms with Crippen molar-refractivity contribution >= 4 is 16.0 Å². The third-order valence-electron chi connectivity index (χ3n) is 3.23. The summed E-state index contributed by atoms with van der Waals surface area (Å²) in [4.78, 5) is 10.9. The molecule has 1 aliphatic rings. The molecule has 0 aliphatic carbocycles. The second-order valence-corrected chi connectivity index (χ2v) is 6.38. The van der Waals surface area contributed by atoms with Crippen molar-refractivity contribution < 1.29 is 22.7 Å². The highest BCUT2D eigenvalue weighted by Crippen LogP contribution is 2.28. The first-order valence-corrected chi connectivity index (χ1v) is 7.29. The van der Waals surface area contributed by atoms with Crippen molar-refractivity contribution in [3.63, 3.8) is 0 Å². The predicted octanol–water partition coefficient (Wildman–Crippen LogP) is 1.37. The molecule has 0 spiro atoms. The van der Waals surface area contributed by atoms with Gasteiger partial charge in [0.1, 0.15) is 11.9 Å². The second-order valence-electron chi connectivity index (χ2n) is 4.52. The van der Waals surface area contributed by atoms with Crippen LogP contribution in [-0.4, -0.2) is 36.4 Å². The van der Waals surface area contributed by atoms with E-state index in [0.29, 0.717) is 12.0 Å². The summed E-state index contributed by atoms with van der Waals surface area (Å²) in [6.07, 6.45) is 0.771. The van der Waals surface area contributed by atoms with Crippen molar-refractivity contribution in [3.05, 3.63) is 29.6 Å². The summed E-state index contributed by atoms with van der Waals surface area (Å²) >= 11 is 0. The number of aliphatic carboxylic acids is 1. The summed E-state index contributed by atoms with van der Waals surface area (Å²) in [5.74, 6) is -1.83. The maximum absolute atomic E-state index is 13.2. The number of halogens is 1. The summed E-state index contributed by atoms with van der Waals surface area (Å²) in [7, 11) is -3.97. The molecular weight excluding hydrogens is 273 g/mol. The van der Waals surface area contributed by atoms with Crippen LogP contribution in [0.5, 0.6) is 0 Å². The first-order valence-electron chi connectivity index (χ1n) is 5.85. The van der Waals surface area contributed by atoms with Gasteiger partial charge in [0.2, 0.25) is 10.0 Å². The Bertz CT molecular complexity index is 614. The van der Waals surface area contributed by atoms with E-state index in [1.165, 1.54) is 12.1 Å². The van der Waals surface area contributed by atoms with Crippen molar-refractivity contribution in [2.75, 3.05) is 6.54 Å². The van der Waals surface area contributed by atoms with Gasteiger partial charge >= 0.3 is 5.97 Å². The molecule has 1 fully saturated rings. The molecule has 1 atom stereocenters. The fourth-order valence-electron chi connectivity index (χ4n) is 2.25. The molecule has 5 nitrogen and oxygen atoms in total. The van der Waals surface area contributed by atoms with Crippen LogP contribution < -0.4 is 0 Å². The van der Waals surface area contributed by atoms with Crippen molar-refractivity contribution in [1.82, 2.24) is 4.31 Å². The summed E-state index contributed by atoms with van der Waals surface area (Å²) < 4.78 is 39.0. The Morgan fingerprint density at radius 2 is 2.16 bits per heavy atom. The molecule has 7 heteroatoms. The topological polar surface area (TPSA) is 74.7 Å². The zero-order valence-corrected chi connectivity index (χ0v) is 11.2. The average molecular weight is 287 g/mol. The van der Waals surface area contributed by atoms with Gasteiger partial charge in [0.15, 0.2) is 0 Å². The summed E-state index contributed by atoms with van der Waals surface area (Å²) in [6, 6.07) is 2.41. The first kappa shape index (κ1) is 14.0. The van der Waals surface area contributed by atoms with Gasteiger partial charge in [-0.1, -0.05) is 6.07 Å². The lowest BCUT2D eigenvalue weighted by atomic mass is 10.2. The molecule has 1 saturated heterocycles. The molecule has 0 saturated carbocycles. The number of rotatable bonds is 3. The van der Waals surface area contributed by atoms with E-state index < -0.39 is 27.9 Å². The summed E-state index contributed by atoms with van der Waals surface area (Å²) in [5.41, 5.74) is 0.400. The maximum atomic E-state index is 13.2. The van der Waals surface area contributed by atoms with E-state index in [4.69, 9.17) is 5.11 Å². The molecule has 0 aromatic heterocycles. The van der Waals surface area contributed by atoms with Crippen molar-refractivity contribution in [3.8, 4) is 0 Å². The molecule has 1 N–H and O–H groups in total. The molecule has 104 valence electrons. The first-order chi connectivity index (χ1) is 8.84. The minimum absolute atomic E-state index is 0.148. The molecular formula is C12H14FNO4S. The Kier molecular flexibility index (Phi) is 3.60. The Balaban J connectivity index is 2.48. The number of sulfonamides is 1. The van der Waals surface area contributed by atoms with Crippen LogP contribution in [0, 0.1) is 12.7 Å². The monoisotopic (exact) mass is 287 g/mol. The molecule has 19 heavy (non-hydrogen) atoms. The molecule has 1 aromatic carbocycles. The van der Waals surface area contributed by atoms with Crippen LogP contribution in [0.3, 0.4) is 0 Å². The molecule has 2 rings (SSSR count). The summed E-state index contributed by atoms with van der Waals surface area (Å²) in [6.45, 7) is 1.70. The van der Waals surface area contributed by atoms with Gasteiger partial charge in [-0.2, -0.15) is 4.31 Å². The number of hydrogen-bond donors (Lipinski definition) is 1. The van der Waals surface area contributed by atoms with Crippen LogP contribution in [0.2, 0.25) is 0 Å². The van der Waals surface area contributed by atoms with E-state index in [1.54, 1.807) is 6.92 Å². The molecule has 1 aliphatic heterocycles. The van der Waals surface area contributed by atoms with Gasteiger partial charge in [-0.25, -0.2) is 12.8 Å². The number of aryl methyl sites for hydroxylation is 1. The zero-order valence-electron chi connectivity index (χ0n) is 10.3. The van der Waals surface area contributed by atoms with Crippen LogP contribution in [0.1, 0.15) is 18.4 Å². The number of carboxylic acids is 1. The van der Waals surface area contributed by atoms with Crippen LogP contribution in [0.4, 0.5) is 4.39 Å². The Morgan fingerprint density at radius 1 is 1.47 bits per heavy atom. The van der Waals surface area contributed by atoms with E-state index >= 15 is 0 Å². The maximum Gasteiger partial charge on any atom is 0.322 e. The highest BCUT2D eigenvalue weighted by atomic mass is 32.2. The van der Waals surface area contributed by atoms with Gasteiger partial charge in [0.05, 0.1) is 4.90 Å². The second kappa shape index (κ2) is 4.90. The lowest BCUT2D eigenvalue weighted by Crippen LogP contribution is -2.40. The molecule has 0 bridgehead atoms. The third kappa shape index (κ3) is 2.48. The van der Waals surface area contributed by atoms with Gasteiger partial charge in [-0.15, -0.1) is 0 Å². The van der Waals surface area contributed by atoms with E-state index in [9.17, 15) is 17.6 Å². The van der Waals surface area contributed by atoms with E-state index in [0.717, 1.165) is 10.4 Å². The van der Waals surface area contributed by atoms with Crippen molar-refractivity contribution in [2.45, 2.75) is 30.7 Å². The lowest BCUT2D eigenvalue weighted by Gasteiger charge is -2.21. The Morgan fingerprint density at radius 3 is 2.79 bits per heavy atom. The van der Waals surface area contributed by atoms with E-state index in [1.807, 2.05) is 0 Å². The van der Waals surface area contributed by atoms with Gasteiger partial charge in [0, 0.05) is 6.54 Å².